The predicted octanol–water partition coefficient (Wildman–Crippen LogP) is 0.295. The second-order valence-corrected chi connectivity index (χ2v) is 1.77. The zero-order valence-electron chi connectivity index (χ0n) is 9.43. The summed E-state index contributed by atoms with van der Waals surface area (Å²) in [6.45, 7) is 4.36. The number of unbranched alkanes of at least 4 members (excludes halogenated alkanes) is 1. The molecule has 0 unspecified atom stereocenters. The molecule has 0 bridgehead atoms. The van der Waals surface area contributed by atoms with Gasteiger partial charge in [0.15, 0.2) is 0 Å². The zero-order valence-corrected chi connectivity index (χ0v) is 13.3. The van der Waals surface area contributed by atoms with Crippen molar-refractivity contribution >= 4 is 29.2 Å². The molecule has 0 aromatic carbocycles. The largest absolute Gasteiger partial charge is 1.00 e. The molecule has 0 aliphatic rings. The van der Waals surface area contributed by atoms with E-state index in [2.05, 4.69) is 24.1 Å². The van der Waals surface area contributed by atoms with Gasteiger partial charge in [-0.2, -0.15) is 0 Å². The Labute approximate surface area is 137 Å². The van der Waals surface area contributed by atoms with E-state index in [-0.39, 0.29) is 69.8 Å². The van der Waals surface area contributed by atoms with Crippen LogP contribution in [-0.4, -0.2) is 22.4 Å². The van der Waals surface area contributed by atoms with Crippen LogP contribution in [0.4, 0.5) is 9.59 Å². The average Bonchev–Trinajstić information content (AvgIpc) is 2.01. The third kappa shape index (κ3) is 38.8. The van der Waals surface area contributed by atoms with Gasteiger partial charge in [-0.1, -0.05) is 36.9 Å². The summed E-state index contributed by atoms with van der Waals surface area (Å²) in [7, 11) is 0. The minimum atomic E-state index is -1.62. The van der Waals surface area contributed by atoms with Crippen LogP contribution < -0.4 is 51.4 Å². The molecule has 14 heavy (non-hydrogen) atoms. The predicted molar refractivity (Wildman–Crippen MR) is 52.9 cm³/mol. The van der Waals surface area contributed by atoms with Crippen LogP contribution in [0.1, 0.15) is 28.1 Å². The van der Waals surface area contributed by atoms with Crippen molar-refractivity contribution in [3.05, 3.63) is 0 Å². The normalized spacial score (nSPS) is 7.57. The first-order chi connectivity index (χ1) is 5.54. The topological polar surface area (TPSA) is 99.3 Å². The number of carboxylic acid groups (broad SMARTS) is 2. The third-order valence-corrected chi connectivity index (χ3v) is 0.721. The van der Waals surface area contributed by atoms with E-state index in [1.165, 1.54) is 12.8 Å². The van der Waals surface area contributed by atoms with Crippen LogP contribution in [0.25, 0.3) is 0 Å². The fourth-order valence-corrected chi connectivity index (χ4v) is 0.0855. The Morgan fingerprint density at radius 2 is 1.29 bits per heavy atom. The standard InChI is InChI=1S/C4H10.C2H2N2O4.BrH.K.H/c1-3-4-2;5-1(6)3-4-2(7)8;;;/h3-4H2,1-2H3;(H,5,6)(H,7,8);1H;;/q;;;+1;-1. The smallest absolute Gasteiger partial charge is 1.00 e. The van der Waals surface area contributed by atoms with Gasteiger partial charge in [0.2, 0.25) is 0 Å². The summed E-state index contributed by atoms with van der Waals surface area (Å²) >= 11 is 0. The minimum absolute atomic E-state index is 0. The number of hydrogen-bond donors (Lipinski definition) is 2. The summed E-state index contributed by atoms with van der Waals surface area (Å²) in [6, 6.07) is 0. The van der Waals surface area contributed by atoms with Crippen molar-refractivity contribution in [1.82, 2.24) is 0 Å². The quantitative estimate of drug-likeness (QED) is 0.537. The molecular weight excluding hydrogens is 283 g/mol. The zero-order chi connectivity index (χ0) is 9.98. The first-order valence-electron chi connectivity index (χ1n) is 3.42. The Kier molecular flexibility index (Phi) is 33.1. The van der Waals surface area contributed by atoms with Crippen molar-refractivity contribution in [2.45, 2.75) is 26.7 Å². The third-order valence-electron chi connectivity index (χ3n) is 0.721. The second-order valence-electron chi connectivity index (χ2n) is 1.77. The Bertz CT molecular complexity index is 165. The molecule has 0 fully saturated rings. The van der Waals surface area contributed by atoms with E-state index >= 15 is 0 Å². The van der Waals surface area contributed by atoms with Gasteiger partial charge in [-0.25, -0.2) is 9.59 Å². The molecule has 0 spiro atoms. The van der Waals surface area contributed by atoms with Crippen LogP contribution in [0.15, 0.2) is 10.2 Å². The Hall–Kier alpha value is 0.656. The fourth-order valence-electron chi connectivity index (χ4n) is 0.0855. The molecule has 0 aliphatic heterocycles. The summed E-state index contributed by atoms with van der Waals surface area (Å²) < 4.78 is 0. The van der Waals surface area contributed by atoms with Gasteiger partial charge in [-0.15, -0.1) is 17.0 Å². The molecule has 80 valence electrons. The van der Waals surface area contributed by atoms with Crippen molar-refractivity contribution in [2.24, 2.45) is 10.2 Å². The SMILES string of the molecule is Br.CCCC.O=C(O)N=NC(=O)O.[H-].[K+]. The van der Waals surface area contributed by atoms with Crippen molar-refractivity contribution < 1.29 is 72.6 Å². The molecule has 0 aliphatic carbocycles. The maximum atomic E-state index is 9.38. The maximum Gasteiger partial charge on any atom is 1.00 e. The molecule has 0 aromatic heterocycles. The van der Waals surface area contributed by atoms with Crippen LogP contribution in [0.2, 0.25) is 0 Å². The van der Waals surface area contributed by atoms with Gasteiger partial charge in [-0.3, -0.25) is 0 Å². The van der Waals surface area contributed by atoms with E-state index in [4.69, 9.17) is 10.2 Å². The first-order valence-corrected chi connectivity index (χ1v) is 3.42. The number of rotatable bonds is 1. The van der Waals surface area contributed by atoms with E-state index in [0.29, 0.717) is 0 Å². The van der Waals surface area contributed by atoms with Crippen LogP contribution in [0.3, 0.4) is 0 Å². The molecule has 0 saturated heterocycles. The summed E-state index contributed by atoms with van der Waals surface area (Å²) in [6.07, 6.45) is -0.597. The van der Waals surface area contributed by atoms with Gasteiger partial charge in [0.25, 0.3) is 0 Å². The van der Waals surface area contributed by atoms with Crippen molar-refractivity contribution in [3.8, 4) is 0 Å². The molecule has 0 radical (unpaired) electrons. The van der Waals surface area contributed by atoms with Crippen LogP contribution in [0, 0.1) is 0 Å². The Morgan fingerprint density at radius 1 is 1.07 bits per heavy atom. The van der Waals surface area contributed by atoms with E-state index < -0.39 is 12.2 Å². The van der Waals surface area contributed by atoms with Crippen LogP contribution in [-0.2, 0) is 0 Å². The van der Waals surface area contributed by atoms with E-state index in [0.717, 1.165) is 0 Å². The van der Waals surface area contributed by atoms with Gasteiger partial charge in [0.05, 0.1) is 0 Å². The average molecular weight is 297 g/mol. The molecule has 0 heterocycles. The monoisotopic (exact) mass is 296 g/mol. The Balaban J connectivity index is -0.0000000424. The van der Waals surface area contributed by atoms with E-state index in [1.54, 1.807) is 0 Å². The van der Waals surface area contributed by atoms with Gasteiger partial charge in [0, 0.05) is 0 Å². The van der Waals surface area contributed by atoms with Crippen molar-refractivity contribution in [3.63, 3.8) is 0 Å². The molecule has 0 saturated carbocycles. The van der Waals surface area contributed by atoms with Crippen LogP contribution >= 0.6 is 17.0 Å². The van der Waals surface area contributed by atoms with Gasteiger partial charge in [-0.05, 0) is 0 Å². The Morgan fingerprint density at radius 3 is 1.36 bits per heavy atom. The first kappa shape index (κ1) is 24.1. The fraction of sp³-hybridized carbons (Fsp3) is 0.667. The summed E-state index contributed by atoms with van der Waals surface area (Å²) in [5.74, 6) is 0. The molecule has 6 nitrogen and oxygen atoms in total. The number of hydrogen-bond acceptors (Lipinski definition) is 2. The van der Waals surface area contributed by atoms with E-state index in [1.807, 2.05) is 0 Å². The number of halogens is 1. The molecule has 0 aromatic rings. The van der Waals surface area contributed by atoms with Crippen molar-refractivity contribution in [1.29, 1.82) is 0 Å². The van der Waals surface area contributed by atoms with Crippen LogP contribution in [0.5, 0.6) is 0 Å². The number of amides is 2. The number of carbonyl (C=O) groups is 2. The summed E-state index contributed by atoms with van der Waals surface area (Å²) in [5, 5.41) is 19.8. The number of nitrogens with zero attached hydrogens (tertiary/aromatic N) is 2. The molecule has 0 atom stereocenters. The molecule has 2 N–H and O–H groups in total. The van der Waals surface area contributed by atoms with Gasteiger partial charge in [0.1, 0.15) is 0 Å². The molecule has 2 amide bonds. The summed E-state index contributed by atoms with van der Waals surface area (Å²) in [5.41, 5.74) is 0. The van der Waals surface area contributed by atoms with Gasteiger partial charge >= 0.3 is 63.6 Å². The maximum absolute atomic E-state index is 9.38. The van der Waals surface area contributed by atoms with Crippen molar-refractivity contribution in [2.75, 3.05) is 0 Å². The second kappa shape index (κ2) is 19.3. The minimum Gasteiger partial charge on any atom is -1.00 e. The van der Waals surface area contributed by atoms with Gasteiger partial charge < -0.3 is 11.6 Å². The molecule has 8 heteroatoms. The summed E-state index contributed by atoms with van der Waals surface area (Å²) in [4.78, 5) is 18.8. The van der Waals surface area contributed by atoms with E-state index in [9.17, 15) is 9.59 Å². The number of azo groups is 1. The molecule has 0 rings (SSSR count). The molecular formula is C6H14BrKN2O4.